The van der Waals surface area contributed by atoms with Crippen molar-refractivity contribution in [2.75, 3.05) is 27.3 Å². The summed E-state index contributed by atoms with van der Waals surface area (Å²) in [6.07, 6.45) is 0. The Morgan fingerprint density at radius 1 is 1.00 bits per heavy atom. The molecule has 2 N–H and O–H groups in total. The van der Waals surface area contributed by atoms with Gasteiger partial charge in [-0.2, -0.15) is 0 Å². The second-order valence-corrected chi connectivity index (χ2v) is 6.08. The number of hydrogen-bond donors (Lipinski definition) is 2. The first-order chi connectivity index (χ1) is 12.7. The third-order valence-corrected chi connectivity index (χ3v) is 4.16. The molecule has 0 amide bonds. The van der Waals surface area contributed by atoms with Crippen LogP contribution in [0.2, 0.25) is 0 Å². The van der Waals surface area contributed by atoms with E-state index in [2.05, 4.69) is 53.7 Å². The van der Waals surface area contributed by atoms with Gasteiger partial charge in [0.2, 0.25) is 0 Å². The Morgan fingerprint density at radius 2 is 1.73 bits per heavy atom. The molecule has 0 fully saturated rings. The molecule has 0 bridgehead atoms. The van der Waals surface area contributed by atoms with Gasteiger partial charge in [0, 0.05) is 13.1 Å². The normalized spacial score (nSPS) is 12.4. The number of hydrogen-bond acceptors (Lipinski definition) is 3. The minimum Gasteiger partial charge on any atom is -0.493 e. The van der Waals surface area contributed by atoms with Gasteiger partial charge in [0.15, 0.2) is 17.5 Å². The lowest BCUT2D eigenvalue weighted by atomic mass is 10.0. The standard InChI is InChI=1S/C21H29N3O2/c1-5-22-21(23-14-16(2)18-9-7-6-8-10-18)24-15-17-11-12-19(25-3)20(13-17)26-4/h6-13,16H,5,14-15H2,1-4H3,(H2,22,23,24). The maximum absolute atomic E-state index is 5.35. The number of aliphatic imine (C=N–C) groups is 1. The van der Waals surface area contributed by atoms with Gasteiger partial charge in [-0.15, -0.1) is 0 Å². The summed E-state index contributed by atoms with van der Waals surface area (Å²) >= 11 is 0. The predicted molar refractivity (Wildman–Crippen MR) is 107 cm³/mol. The molecule has 2 aromatic rings. The zero-order chi connectivity index (χ0) is 18.8. The molecular weight excluding hydrogens is 326 g/mol. The smallest absolute Gasteiger partial charge is 0.191 e. The van der Waals surface area contributed by atoms with E-state index >= 15 is 0 Å². The van der Waals surface area contributed by atoms with Crippen molar-refractivity contribution in [3.05, 3.63) is 59.7 Å². The summed E-state index contributed by atoms with van der Waals surface area (Å²) in [4.78, 5) is 4.68. The van der Waals surface area contributed by atoms with Crippen molar-refractivity contribution in [3.8, 4) is 11.5 Å². The van der Waals surface area contributed by atoms with Crippen molar-refractivity contribution in [2.45, 2.75) is 26.3 Å². The fourth-order valence-electron chi connectivity index (χ4n) is 2.64. The highest BCUT2D eigenvalue weighted by molar-refractivity contribution is 5.79. The molecule has 0 saturated carbocycles. The molecule has 0 spiro atoms. The van der Waals surface area contributed by atoms with Crippen LogP contribution in [0.25, 0.3) is 0 Å². The highest BCUT2D eigenvalue weighted by atomic mass is 16.5. The zero-order valence-corrected chi connectivity index (χ0v) is 16.1. The van der Waals surface area contributed by atoms with E-state index in [1.807, 2.05) is 24.3 Å². The average molecular weight is 355 g/mol. The molecule has 5 heteroatoms. The van der Waals surface area contributed by atoms with Gasteiger partial charge >= 0.3 is 0 Å². The minimum atomic E-state index is 0.404. The van der Waals surface area contributed by atoms with E-state index in [9.17, 15) is 0 Å². The molecule has 5 nitrogen and oxygen atoms in total. The van der Waals surface area contributed by atoms with Gasteiger partial charge < -0.3 is 20.1 Å². The van der Waals surface area contributed by atoms with E-state index in [4.69, 9.17) is 9.47 Å². The second-order valence-electron chi connectivity index (χ2n) is 6.08. The molecule has 1 atom stereocenters. The topological polar surface area (TPSA) is 54.9 Å². The lowest BCUT2D eigenvalue weighted by molar-refractivity contribution is 0.354. The summed E-state index contributed by atoms with van der Waals surface area (Å²) in [6, 6.07) is 16.4. The molecule has 0 aromatic heterocycles. The van der Waals surface area contributed by atoms with Crippen molar-refractivity contribution >= 4 is 5.96 Å². The van der Waals surface area contributed by atoms with E-state index in [1.165, 1.54) is 5.56 Å². The Balaban J connectivity index is 2.00. The Bertz CT molecular complexity index is 702. The molecule has 0 aliphatic heterocycles. The number of rotatable bonds is 8. The van der Waals surface area contributed by atoms with E-state index in [1.54, 1.807) is 14.2 Å². The van der Waals surface area contributed by atoms with Crippen LogP contribution >= 0.6 is 0 Å². The third kappa shape index (κ3) is 5.69. The number of ether oxygens (including phenoxy) is 2. The zero-order valence-electron chi connectivity index (χ0n) is 16.1. The van der Waals surface area contributed by atoms with E-state index in [-0.39, 0.29) is 0 Å². The van der Waals surface area contributed by atoms with Gasteiger partial charge in [0.25, 0.3) is 0 Å². The first-order valence-electron chi connectivity index (χ1n) is 8.96. The van der Waals surface area contributed by atoms with Gasteiger partial charge in [0.05, 0.1) is 20.8 Å². The van der Waals surface area contributed by atoms with Crippen LogP contribution in [0.1, 0.15) is 30.9 Å². The molecule has 140 valence electrons. The highest BCUT2D eigenvalue weighted by Crippen LogP contribution is 2.27. The largest absolute Gasteiger partial charge is 0.493 e. The molecule has 0 heterocycles. The fraction of sp³-hybridized carbons (Fsp3) is 0.381. The second kappa shape index (κ2) is 10.3. The molecule has 1 unspecified atom stereocenters. The van der Waals surface area contributed by atoms with Crippen LogP contribution in [0.4, 0.5) is 0 Å². The van der Waals surface area contributed by atoms with Crippen molar-refractivity contribution in [1.82, 2.24) is 10.6 Å². The minimum absolute atomic E-state index is 0.404. The van der Waals surface area contributed by atoms with Crippen LogP contribution in [0.5, 0.6) is 11.5 Å². The Hall–Kier alpha value is -2.69. The molecule has 26 heavy (non-hydrogen) atoms. The van der Waals surface area contributed by atoms with Gasteiger partial charge in [-0.25, -0.2) is 4.99 Å². The Morgan fingerprint density at radius 3 is 2.38 bits per heavy atom. The molecule has 2 rings (SSSR count). The monoisotopic (exact) mass is 355 g/mol. The van der Waals surface area contributed by atoms with Crippen LogP contribution < -0.4 is 20.1 Å². The molecule has 0 aliphatic rings. The summed E-state index contributed by atoms with van der Waals surface area (Å²) in [5.41, 5.74) is 2.38. The summed E-state index contributed by atoms with van der Waals surface area (Å²) < 4.78 is 10.6. The van der Waals surface area contributed by atoms with Crippen LogP contribution in [0.3, 0.4) is 0 Å². The summed E-state index contributed by atoms with van der Waals surface area (Å²) in [7, 11) is 3.28. The van der Waals surface area contributed by atoms with Crippen LogP contribution in [-0.2, 0) is 6.54 Å². The lowest BCUT2D eigenvalue weighted by Gasteiger charge is -2.16. The number of methoxy groups -OCH3 is 2. The highest BCUT2D eigenvalue weighted by Gasteiger charge is 2.07. The van der Waals surface area contributed by atoms with Crippen molar-refractivity contribution in [3.63, 3.8) is 0 Å². The average Bonchev–Trinajstić information content (AvgIpc) is 2.70. The Kier molecular flexibility index (Phi) is 7.80. The summed E-state index contributed by atoms with van der Waals surface area (Å²) in [6.45, 7) is 6.48. The predicted octanol–water partition coefficient (Wildman–Crippen LogP) is 3.56. The Labute approximate surface area is 156 Å². The molecule has 0 aliphatic carbocycles. The first-order valence-corrected chi connectivity index (χ1v) is 8.96. The quantitative estimate of drug-likeness (QED) is 0.561. The van der Waals surface area contributed by atoms with Crippen LogP contribution in [-0.4, -0.2) is 33.3 Å². The fourth-order valence-corrected chi connectivity index (χ4v) is 2.64. The van der Waals surface area contributed by atoms with E-state index < -0.39 is 0 Å². The van der Waals surface area contributed by atoms with Gasteiger partial charge in [-0.1, -0.05) is 43.3 Å². The SMILES string of the molecule is CCNC(=NCc1ccc(OC)c(OC)c1)NCC(C)c1ccccc1. The lowest BCUT2D eigenvalue weighted by Crippen LogP contribution is -2.39. The number of benzene rings is 2. The third-order valence-electron chi connectivity index (χ3n) is 4.16. The first kappa shape index (κ1) is 19.6. The van der Waals surface area contributed by atoms with Crippen molar-refractivity contribution < 1.29 is 9.47 Å². The van der Waals surface area contributed by atoms with Gasteiger partial charge in [-0.3, -0.25) is 0 Å². The van der Waals surface area contributed by atoms with E-state index in [0.29, 0.717) is 12.5 Å². The van der Waals surface area contributed by atoms with Crippen molar-refractivity contribution in [1.29, 1.82) is 0 Å². The van der Waals surface area contributed by atoms with E-state index in [0.717, 1.165) is 36.1 Å². The molecule has 0 saturated heterocycles. The van der Waals surface area contributed by atoms with Gasteiger partial charge in [0.1, 0.15) is 0 Å². The maximum atomic E-state index is 5.35. The summed E-state index contributed by atoms with van der Waals surface area (Å²) in [5, 5.41) is 6.72. The number of guanidine groups is 1. The molecule has 2 aromatic carbocycles. The number of nitrogens with zero attached hydrogens (tertiary/aromatic N) is 1. The van der Waals surface area contributed by atoms with Gasteiger partial charge in [-0.05, 0) is 36.1 Å². The van der Waals surface area contributed by atoms with Crippen LogP contribution in [0, 0.1) is 0 Å². The summed E-state index contributed by atoms with van der Waals surface area (Å²) in [5.74, 6) is 2.66. The van der Waals surface area contributed by atoms with Crippen molar-refractivity contribution in [2.24, 2.45) is 4.99 Å². The number of nitrogens with one attached hydrogen (secondary N) is 2. The molecular formula is C21H29N3O2. The molecule has 0 radical (unpaired) electrons. The maximum Gasteiger partial charge on any atom is 0.191 e. The van der Waals surface area contributed by atoms with Crippen LogP contribution in [0.15, 0.2) is 53.5 Å².